The highest BCUT2D eigenvalue weighted by Crippen LogP contribution is 2.06. The van der Waals surface area contributed by atoms with Gasteiger partial charge in [0.15, 0.2) is 0 Å². The first-order valence-corrected chi connectivity index (χ1v) is 5.83. The number of allylic oxidation sites excluding steroid dienone is 1. The van der Waals surface area contributed by atoms with Gasteiger partial charge in [0.25, 0.3) is 5.91 Å². The van der Waals surface area contributed by atoms with Crippen LogP contribution in [0.15, 0.2) is 36.9 Å². The third-order valence-corrected chi connectivity index (χ3v) is 2.54. The number of rotatable bonds is 6. The maximum Gasteiger partial charge on any atom is 0.328 e. The summed E-state index contributed by atoms with van der Waals surface area (Å²) in [7, 11) is 1.25. The van der Waals surface area contributed by atoms with Crippen molar-refractivity contribution in [1.82, 2.24) is 5.32 Å². The average Bonchev–Trinajstić information content (AvgIpc) is 2.42. The van der Waals surface area contributed by atoms with Crippen molar-refractivity contribution < 1.29 is 18.7 Å². The zero-order valence-corrected chi connectivity index (χ0v) is 10.7. The van der Waals surface area contributed by atoms with Crippen LogP contribution in [0.2, 0.25) is 0 Å². The van der Waals surface area contributed by atoms with Crippen molar-refractivity contribution in [2.45, 2.75) is 18.9 Å². The molecule has 1 rings (SSSR count). The lowest BCUT2D eigenvalue weighted by Gasteiger charge is -2.15. The van der Waals surface area contributed by atoms with Gasteiger partial charge in [0, 0.05) is 5.56 Å². The fraction of sp³-hybridized carbons (Fsp3) is 0.286. The van der Waals surface area contributed by atoms with Crippen molar-refractivity contribution in [2.75, 3.05) is 7.11 Å². The monoisotopic (exact) mass is 265 g/mol. The summed E-state index contributed by atoms with van der Waals surface area (Å²) in [5.41, 5.74) is 0.160. The summed E-state index contributed by atoms with van der Waals surface area (Å²) >= 11 is 0. The van der Waals surface area contributed by atoms with Crippen LogP contribution in [0.4, 0.5) is 4.39 Å². The number of methoxy groups -OCH3 is 1. The van der Waals surface area contributed by atoms with E-state index in [4.69, 9.17) is 0 Å². The van der Waals surface area contributed by atoms with Gasteiger partial charge in [0.2, 0.25) is 0 Å². The topological polar surface area (TPSA) is 55.4 Å². The molecule has 4 nitrogen and oxygen atoms in total. The number of benzene rings is 1. The Balaban J connectivity index is 2.75. The average molecular weight is 265 g/mol. The van der Waals surface area contributed by atoms with Gasteiger partial charge >= 0.3 is 5.97 Å². The first-order chi connectivity index (χ1) is 9.08. The number of amides is 1. The highest BCUT2D eigenvalue weighted by Gasteiger charge is 2.21. The molecule has 0 radical (unpaired) electrons. The number of nitrogens with one attached hydrogen (secondary N) is 1. The molecule has 102 valence electrons. The van der Waals surface area contributed by atoms with Gasteiger partial charge in [-0.15, -0.1) is 6.58 Å². The third kappa shape index (κ3) is 4.54. The zero-order valence-electron chi connectivity index (χ0n) is 10.7. The second-order valence-electron chi connectivity index (χ2n) is 3.93. The molecule has 0 heterocycles. The van der Waals surface area contributed by atoms with Gasteiger partial charge in [0.05, 0.1) is 7.11 Å². The van der Waals surface area contributed by atoms with Crippen LogP contribution < -0.4 is 5.32 Å². The molecule has 0 aliphatic heterocycles. The van der Waals surface area contributed by atoms with Crippen molar-refractivity contribution in [2.24, 2.45) is 0 Å². The number of halogens is 1. The van der Waals surface area contributed by atoms with Crippen molar-refractivity contribution in [3.63, 3.8) is 0 Å². The summed E-state index contributed by atoms with van der Waals surface area (Å²) in [6, 6.07) is 4.49. The fourth-order valence-electron chi connectivity index (χ4n) is 1.55. The minimum Gasteiger partial charge on any atom is -0.467 e. The van der Waals surface area contributed by atoms with Crippen LogP contribution in [0.25, 0.3) is 0 Å². The molecule has 19 heavy (non-hydrogen) atoms. The summed E-state index contributed by atoms with van der Waals surface area (Å²) in [5.74, 6) is -1.56. The quantitative estimate of drug-likeness (QED) is 0.632. The molecule has 5 heteroatoms. The van der Waals surface area contributed by atoms with Crippen LogP contribution in [0.3, 0.4) is 0 Å². The smallest absolute Gasteiger partial charge is 0.328 e. The minimum absolute atomic E-state index is 0.160. The Morgan fingerprint density at radius 3 is 2.84 bits per heavy atom. The molecule has 1 aromatic carbocycles. The van der Waals surface area contributed by atoms with Crippen LogP contribution in [0, 0.1) is 5.82 Å². The highest BCUT2D eigenvalue weighted by atomic mass is 19.1. The molecule has 1 aromatic rings. The van der Waals surface area contributed by atoms with Gasteiger partial charge in [-0.3, -0.25) is 4.79 Å². The second-order valence-corrected chi connectivity index (χ2v) is 3.93. The number of carbonyl (C=O) groups excluding carboxylic acids is 2. The van der Waals surface area contributed by atoms with Gasteiger partial charge in [-0.2, -0.15) is 0 Å². The Morgan fingerprint density at radius 1 is 1.53 bits per heavy atom. The Hall–Kier alpha value is -2.17. The summed E-state index contributed by atoms with van der Waals surface area (Å²) in [5, 5.41) is 2.52. The van der Waals surface area contributed by atoms with Crippen LogP contribution >= 0.6 is 0 Å². The van der Waals surface area contributed by atoms with E-state index in [1.54, 1.807) is 6.08 Å². The second kappa shape index (κ2) is 7.31. The standard InChI is InChI=1S/C14H16FNO3/c1-3-4-8-12(14(18)19-2)16-13(17)10-6-5-7-11(15)9-10/h3,5-7,9,12H,1,4,8H2,2H3,(H,16,17)/t12-/m0/s1. The number of esters is 1. The fourth-order valence-corrected chi connectivity index (χ4v) is 1.55. The third-order valence-electron chi connectivity index (χ3n) is 2.54. The van der Waals surface area contributed by atoms with Gasteiger partial charge in [-0.05, 0) is 31.0 Å². The Morgan fingerprint density at radius 2 is 2.26 bits per heavy atom. The van der Waals surface area contributed by atoms with Crippen molar-refractivity contribution in [3.05, 3.63) is 48.3 Å². The molecule has 0 bridgehead atoms. The Bertz CT molecular complexity index is 474. The van der Waals surface area contributed by atoms with E-state index in [9.17, 15) is 14.0 Å². The van der Waals surface area contributed by atoms with Gasteiger partial charge < -0.3 is 10.1 Å². The highest BCUT2D eigenvalue weighted by molar-refractivity contribution is 5.96. The first kappa shape index (κ1) is 14.9. The van der Waals surface area contributed by atoms with E-state index in [0.29, 0.717) is 12.8 Å². The predicted octanol–water partition coefficient (Wildman–Crippen LogP) is 2.06. The van der Waals surface area contributed by atoms with Gasteiger partial charge in [0.1, 0.15) is 11.9 Å². The lowest BCUT2D eigenvalue weighted by atomic mass is 10.1. The first-order valence-electron chi connectivity index (χ1n) is 5.83. The van der Waals surface area contributed by atoms with Gasteiger partial charge in [-0.1, -0.05) is 12.1 Å². The molecule has 1 N–H and O–H groups in total. The largest absolute Gasteiger partial charge is 0.467 e. The van der Waals surface area contributed by atoms with Gasteiger partial charge in [-0.25, -0.2) is 9.18 Å². The van der Waals surface area contributed by atoms with Crippen molar-refractivity contribution in [1.29, 1.82) is 0 Å². The summed E-state index contributed by atoms with van der Waals surface area (Å²) in [6.07, 6.45) is 2.59. The number of hydrogen-bond acceptors (Lipinski definition) is 3. The molecule has 1 atom stereocenters. The zero-order chi connectivity index (χ0) is 14.3. The van der Waals surface area contributed by atoms with E-state index in [0.717, 1.165) is 6.07 Å². The maximum absolute atomic E-state index is 13.0. The summed E-state index contributed by atoms with van der Waals surface area (Å²) in [4.78, 5) is 23.4. The molecule has 0 aliphatic rings. The molecule has 0 saturated heterocycles. The molecule has 0 spiro atoms. The lowest BCUT2D eigenvalue weighted by Crippen LogP contribution is -2.41. The molecule has 0 fully saturated rings. The van der Waals surface area contributed by atoms with E-state index < -0.39 is 23.7 Å². The van der Waals surface area contributed by atoms with Crippen LogP contribution in [-0.2, 0) is 9.53 Å². The minimum atomic E-state index is -0.765. The van der Waals surface area contributed by atoms with E-state index in [1.807, 2.05) is 0 Å². The van der Waals surface area contributed by atoms with E-state index in [1.165, 1.54) is 25.3 Å². The van der Waals surface area contributed by atoms with E-state index in [-0.39, 0.29) is 5.56 Å². The lowest BCUT2D eigenvalue weighted by molar-refractivity contribution is -0.143. The Kier molecular flexibility index (Phi) is 5.73. The normalized spacial score (nSPS) is 11.5. The molecule has 0 aromatic heterocycles. The number of carbonyl (C=O) groups is 2. The number of hydrogen-bond donors (Lipinski definition) is 1. The van der Waals surface area contributed by atoms with Crippen LogP contribution in [0.1, 0.15) is 23.2 Å². The van der Waals surface area contributed by atoms with E-state index >= 15 is 0 Å². The van der Waals surface area contributed by atoms with E-state index in [2.05, 4.69) is 16.6 Å². The number of ether oxygens (including phenoxy) is 1. The molecular formula is C14H16FNO3. The maximum atomic E-state index is 13.0. The van der Waals surface area contributed by atoms with Crippen LogP contribution in [-0.4, -0.2) is 25.0 Å². The molecular weight excluding hydrogens is 249 g/mol. The molecule has 0 aliphatic carbocycles. The molecule has 1 amide bonds. The SMILES string of the molecule is C=CCC[C@H](NC(=O)c1cccc(F)c1)C(=O)OC. The summed E-state index contributed by atoms with van der Waals surface area (Å²) in [6.45, 7) is 3.55. The predicted molar refractivity (Wildman–Crippen MR) is 69.1 cm³/mol. The van der Waals surface area contributed by atoms with Crippen LogP contribution in [0.5, 0.6) is 0 Å². The van der Waals surface area contributed by atoms with Crippen molar-refractivity contribution >= 4 is 11.9 Å². The molecule has 0 unspecified atom stereocenters. The Labute approximate surface area is 111 Å². The molecule has 0 saturated carbocycles. The van der Waals surface area contributed by atoms with Crippen molar-refractivity contribution in [3.8, 4) is 0 Å². The summed E-state index contributed by atoms with van der Waals surface area (Å²) < 4.78 is 17.6.